The van der Waals surface area contributed by atoms with Gasteiger partial charge in [-0.25, -0.2) is 0 Å². The number of carbonyl (C=O) groups is 2. The standard InChI is InChI=1S/C17H16BrNO3/c1-2-16(20)12-3-9-15(10-4-12)22-11-17(21)19-14-7-5-13(18)6-8-14/h3-10H,2,11H2,1H3,(H,19,21). The Morgan fingerprint density at radius 3 is 2.27 bits per heavy atom. The van der Waals surface area contributed by atoms with E-state index in [0.717, 1.165) is 4.47 Å². The van der Waals surface area contributed by atoms with Crippen molar-refractivity contribution < 1.29 is 14.3 Å². The van der Waals surface area contributed by atoms with E-state index in [0.29, 0.717) is 23.4 Å². The summed E-state index contributed by atoms with van der Waals surface area (Å²) in [5, 5.41) is 2.74. The Bertz CT molecular complexity index is 651. The molecule has 2 aromatic rings. The fourth-order valence-corrected chi connectivity index (χ4v) is 2.08. The first-order chi connectivity index (χ1) is 10.6. The maximum Gasteiger partial charge on any atom is 0.262 e. The summed E-state index contributed by atoms with van der Waals surface area (Å²) in [5.41, 5.74) is 1.36. The van der Waals surface area contributed by atoms with Crippen LogP contribution in [0.25, 0.3) is 0 Å². The Labute approximate surface area is 137 Å². The highest BCUT2D eigenvalue weighted by atomic mass is 79.9. The van der Waals surface area contributed by atoms with Gasteiger partial charge in [-0.15, -0.1) is 0 Å². The van der Waals surface area contributed by atoms with Crippen molar-refractivity contribution in [1.82, 2.24) is 0 Å². The van der Waals surface area contributed by atoms with Gasteiger partial charge in [-0.1, -0.05) is 22.9 Å². The van der Waals surface area contributed by atoms with Crippen LogP contribution < -0.4 is 10.1 Å². The van der Waals surface area contributed by atoms with Crippen LogP contribution in [-0.2, 0) is 4.79 Å². The van der Waals surface area contributed by atoms with Crippen LogP contribution in [0.1, 0.15) is 23.7 Å². The van der Waals surface area contributed by atoms with Crippen LogP contribution in [0, 0.1) is 0 Å². The minimum absolute atomic E-state index is 0.0829. The van der Waals surface area contributed by atoms with Gasteiger partial charge in [0, 0.05) is 22.1 Å². The summed E-state index contributed by atoms with van der Waals surface area (Å²) in [6.45, 7) is 1.73. The number of Topliss-reactive ketones (excluding diaryl/α,β-unsaturated/α-hetero) is 1. The molecule has 0 bridgehead atoms. The van der Waals surface area contributed by atoms with Gasteiger partial charge in [0.15, 0.2) is 12.4 Å². The van der Waals surface area contributed by atoms with Crippen LogP contribution in [0.2, 0.25) is 0 Å². The second kappa shape index (κ2) is 7.75. The second-order valence-corrected chi connectivity index (χ2v) is 5.56. The number of rotatable bonds is 6. The van der Waals surface area contributed by atoms with E-state index in [1.54, 1.807) is 36.4 Å². The molecule has 0 fully saturated rings. The highest BCUT2D eigenvalue weighted by molar-refractivity contribution is 9.10. The molecule has 0 aromatic heterocycles. The summed E-state index contributed by atoms with van der Waals surface area (Å²) in [6, 6.07) is 14.1. The van der Waals surface area contributed by atoms with Crippen molar-refractivity contribution in [3.63, 3.8) is 0 Å². The zero-order valence-corrected chi connectivity index (χ0v) is 13.7. The topological polar surface area (TPSA) is 55.4 Å². The Balaban J connectivity index is 1.85. The number of anilines is 1. The molecule has 4 nitrogen and oxygen atoms in total. The van der Waals surface area contributed by atoms with E-state index in [9.17, 15) is 9.59 Å². The molecule has 2 aromatic carbocycles. The number of hydrogen-bond donors (Lipinski definition) is 1. The predicted molar refractivity (Wildman–Crippen MR) is 89.3 cm³/mol. The second-order valence-electron chi connectivity index (χ2n) is 4.64. The van der Waals surface area contributed by atoms with Gasteiger partial charge < -0.3 is 10.1 Å². The lowest BCUT2D eigenvalue weighted by Crippen LogP contribution is -2.20. The largest absolute Gasteiger partial charge is 0.484 e. The fraction of sp³-hybridized carbons (Fsp3) is 0.176. The summed E-state index contributed by atoms with van der Waals surface area (Å²) in [4.78, 5) is 23.3. The summed E-state index contributed by atoms with van der Waals surface area (Å²) in [7, 11) is 0. The van der Waals surface area contributed by atoms with Crippen molar-refractivity contribution in [3.8, 4) is 5.75 Å². The smallest absolute Gasteiger partial charge is 0.262 e. The average Bonchev–Trinajstić information content (AvgIpc) is 2.55. The Hall–Kier alpha value is -2.14. The number of carbonyl (C=O) groups excluding carboxylic acids is 2. The molecule has 0 aliphatic rings. The first-order valence-electron chi connectivity index (χ1n) is 6.90. The summed E-state index contributed by atoms with van der Waals surface area (Å²) in [6.07, 6.45) is 0.468. The minimum atomic E-state index is -0.240. The van der Waals surface area contributed by atoms with Crippen molar-refractivity contribution in [3.05, 3.63) is 58.6 Å². The quantitative estimate of drug-likeness (QED) is 0.789. The molecule has 1 N–H and O–H groups in total. The molecule has 0 heterocycles. The Morgan fingerprint density at radius 1 is 1.05 bits per heavy atom. The van der Waals surface area contributed by atoms with Gasteiger partial charge >= 0.3 is 0 Å². The van der Waals surface area contributed by atoms with Gasteiger partial charge in [0.05, 0.1) is 0 Å². The third-order valence-corrected chi connectivity index (χ3v) is 3.52. The molecule has 0 saturated carbocycles. The van der Waals surface area contributed by atoms with Gasteiger partial charge in [0.2, 0.25) is 0 Å². The molecule has 0 aliphatic carbocycles. The molecule has 0 saturated heterocycles. The van der Waals surface area contributed by atoms with Crippen molar-refractivity contribution >= 4 is 33.3 Å². The predicted octanol–water partition coefficient (Wildman–Crippen LogP) is 4.06. The van der Waals surface area contributed by atoms with Crippen molar-refractivity contribution in [2.45, 2.75) is 13.3 Å². The van der Waals surface area contributed by atoms with E-state index in [4.69, 9.17) is 4.74 Å². The van der Waals surface area contributed by atoms with E-state index in [1.807, 2.05) is 19.1 Å². The molecule has 5 heteroatoms. The van der Waals surface area contributed by atoms with Crippen LogP contribution in [0.5, 0.6) is 5.75 Å². The average molecular weight is 362 g/mol. The summed E-state index contributed by atoms with van der Waals surface area (Å²) in [5.74, 6) is 0.397. The number of halogens is 1. The van der Waals surface area contributed by atoms with Crippen LogP contribution in [0.15, 0.2) is 53.0 Å². The summed E-state index contributed by atoms with van der Waals surface area (Å²) >= 11 is 3.33. The lowest BCUT2D eigenvalue weighted by atomic mass is 10.1. The van der Waals surface area contributed by atoms with Crippen molar-refractivity contribution in [1.29, 1.82) is 0 Å². The van der Waals surface area contributed by atoms with Crippen LogP contribution in [-0.4, -0.2) is 18.3 Å². The molecule has 0 radical (unpaired) electrons. The minimum Gasteiger partial charge on any atom is -0.484 e. The van der Waals surface area contributed by atoms with E-state index in [2.05, 4.69) is 21.2 Å². The molecule has 0 aliphatic heterocycles. The van der Waals surface area contributed by atoms with E-state index in [-0.39, 0.29) is 18.3 Å². The number of benzene rings is 2. The zero-order valence-electron chi connectivity index (χ0n) is 12.1. The normalized spacial score (nSPS) is 10.1. The molecule has 0 unspecified atom stereocenters. The first-order valence-corrected chi connectivity index (χ1v) is 7.69. The fourth-order valence-electron chi connectivity index (χ4n) is 1.82. The maximum absolute atomic E-state index is 11.8. The lowest BCUT2D eigenvalue weighted by molar-refractivity contribution is -0.118. The van der Waals surface area contributed by atoms with Crippen molar-refractivity contribution in [2.75, 3.05) is 11.9 Å². The molecule has 22 heavy (non-hydrogen) atoms. The lowest BCUT2D eigenvalue weighted by Gasteiger charge is -2.08. The van der Waals surface area contributed by atoms with Gasteiger partial charge in [0.25, 0.3) is 5.91 Å². The third-order valence-electron chi connectivity index (χ3n) is 3.00. The highest BCUT2D eigenvalue weighted by Crippen LogP contribution is 2.15. The van der Waals surface area contributed by atoms with E-state index >= 15 is 0 Å². The van der Waals surface area contributed by atoms with Gasteiger partial charge in [-0.3, -0.25) is 9.59 Å². The Morgan fingerprint density at radius 2 is 1.68 bits per heavy atom. The molecule has 114 valence electrons. The Kier molecular flexibility index (Phi) is 5.72. The zero-order chi connectivity index (χ0) is 15.9. The number of nitrogens with one attached hydrogen (secondary N) is 1. The number of ether oxygens (including phenoxy) is 1. The monoisotopic (exact) mass is 361 g/mol. The summed E-state index contributed by atoms with van der Waals surface area (Å²) < 4.78 is 6.35. The number of amides is 1. The molecule has 0 atom stereocenters. The van der Waals surface area contributed by atoms with Crippen LogP contribution in [0.4, 0.5) is 5.69 Å². The number of ketones is 1. The molecule has 1 amide bonds. The van der Waals surface area contributed by atoms with Gasteiger partial charge in [-0.05, 0) is 48.5 Å². The third kappa shape index (κ3) is 4.70. The maximum atomic E-state index is 11.8. The first kappa shape index (κ1) is 16.2. The van der Waals surface area contributed by atoms with Crippen LogP contribution in [0.3, 0.4) is 0 Å². The SMILES string of the molecule is CCC(=O)c1ccc(OCC(=O)Nc2ccc(Br)cc2)cc1. The molecule has 2 rings (SSSR count). The highest BCUT2D eigenvalue weighted by Gasteiger charge is 2.06. The molecular weight excluding hydrogens is 346 g/mol. The molecule has 0 spiro atoms. The van der Waals surface area contributed by atoms with E-state index in [1.165, 1.54) is 0 Å². The number of hydrogen-bond acceptors (Lipinski definition) is 3. The van der Waals surface area contributed by atoms with E-state index < -0.39 is 0 Å². The van der Waals surface area contributed by atoms with Crippen LogP contribution >= 0.6 is 15.9 Å². The molecular formula is C17H16BrNO3. The van der Waals surface area contributed by atoms with Gasteiger partial charge in [0.1, 0.15) is 5.75 Å². The van der Waals surface area contributed by atoms with Crippen molar-refractivity contribution in [2.24, 2.45) is 0 Å². The van der Waals surface area contributed by atoms with Gasteiger partial charge in [-0.2, -0.15) is 0 Å².